The number of aliphatic hydroxyl groups is 1. The molecule has 0 aliphatic carbocycles. The van der Waals surface area contributed by atoms with Crippen LogP contribution in [0.3, 0.4) is 0 Å². The first kappa shape index (κ1) is 8.90. The smallest absolute Gasteiger partial charge is 0.211 e. The second-order valence-corrected chi connectivity index (χ2v) is 1.83. The van der Waals surface area contributed by atoms with Gasteiger partial charge in [0.1, 0.15) is 0 Å². The van der Waals surface area contributed by atoms with Gasteiger partial charge in [0.25, 0.3) is 0 Å². The molecule has 10 heavy (non-hydrogen) atoms. The Kier molecular flexibility index (Phi) is 4.23. The van der Waals surface area contributed by atoms with Crippen molar-refractivity contribution in [3.63, 3.8) is 0 Å². The molecule has 5 N–H and O–H groups in total. The van der Waals surface area contributed by atoms with Crippen molar-refractivity contribution >= 4 is 11.7 Å². The summed E-state index contributed by atoms with van der Waals surface area (Å²) in [4.78, 5) is 0. The minimum atomic E-state index is -0.0720. The van der Waals surface area contributed by atoms with E-state index >= 15 is 0 Å². The number of rotatable bonds is 3. The first-order chi connectivity index (χ1) is 4.66. The van der Waals surface area contributed by atoms with Gasteiger partial charge in [0.15, 0.2) is 0 Å². The Labute approximate surface area is 59.4 Å². The molecule has 0 aromatic heterocycles. The van der Waals surface area contributed by atoms with Gasteiger partial charge >= 0.3 is 0 Å². The number of guanidine groups is 1. The molecule has 0 bridgehead atoms. The molecular weight excluding hydrogens is 132 g/mol. The summed E-state index contributed by atoms with van der Waals surface area (Å²) in [7, 11) is 0. The highest BCUT2D eigenvalue weighted by atomic mass is 16.3. The molecule has 0 aliphatic rings. The largest absolute Gasteiger partial charge is 0.396 e. The fraction of sp³-hybridized carbons (Fsp3) is 0.600. The number of nitrogens with zero attached hydrogens (tertiary/aromatic N) is 2. The molecule has 0 spiro atoms. The zero-order valence-corrected chi connectivity index (χ0v) is 5.91. The Bertz CT molecular complexity index is 148. The van der Waals surface area contributed by atoms with Crippen LogP contribution in [0.4, 0.5) is 0 Å². The van der Waals surface area contributed by atoms with Gasteiger partial charge in [-0.05, 0) is 6.92 Å². The average Bonchev–Trinajstić information content (AvgIpc) is 1.85. The summed E-state index contributed by atoms with van der Waals surface area (Å²) in [6, 6.07) is 0. The number of aliphatic hydroxyl groups excluding tert-OH is 1. The van der Waals surface area contributed by atoms with E-state index in [1.54, 1.807) is 6.92 Å². The lowest BCUT2D eigenvalue weighted by atomic mass is 10.3. The SMILES string of the molecule is C/C(CCO)=N/N=C(N)N. The Morgan fingerprint density at radius 3 is 2.40 bits per heavy atom. The Balaban J connectivity index is 3.79. The topological polar surface area (TPSA) is 97.0 Å². The van der Waals surface area contributed by atoms with Gasteiger partial charge < -0.3 is 16.6 Å². The van der Waals surface area contributed by atoms with Gasteiger partial charge in [-0.25, -0.2) is 0 Å². The standard InChI is InChI=1S/C5H12N4O/c1-4(2-3-10)8-9-5(6)7/h10H,2-3H2,1H3,(H4,6,7,9)/b8-4-. The molecule has 58 valence electrons. The molecule has 0 saturated carbocycles. The highest BCUT2D eigenvalue weighted by molar-refractivity contribution is 5.83. The van der Waals surface area contributed by atoms with Crippen molar-refractivity contribution in [2.45, 2.75) is 13.3 Å². The Morgan fingerprint density at radius 2 is 2.00 bits per heavy atom. The zero-order valence-electron chi connectivity index (χ0n) is 5.91. The van der Waals surface area contributed by atoms with E-state index in [1.807, 2.05) is 0 Å². The van der Waals surface area contributed by atoms with Crippen molar-refractivity contribution < 1.29 is 5.11 Å². The molecule has 0 aromatic rings. The molecule has 0 aliphatic heterocycles. The molecule has 5 heteroatoms. The van der Waals surface area contributed by atoms with Crippen LogP contribution in [0.2, 0.25) is 0 Å². The number of hydrogen-bond donors (Lipinski definition) is 3. The second-order valence-electron chi connectivity index (χ2n) is 1.83. The van der Waals surface area contributed by atoms with Crippen LogP contribution < -0.4 is 11.5 Å². The molecule has 0 radical (unpaired) electrons. The van der Waals surface area contributed by atoms with Crippen LogP contribution >= 0.6 is 0 Å². The van der Waals surface area contributed by atoms with Gasteiger partial charge in [-0.15, -0.1) is 5.10 Å². The van der Waals surface area contributed by atoms with Crippen LogP contribution in [0.5, 0.6) is 0 Å². The summed E-state index contributed by atoms with van der Waals surface area (Å²) in [5, 5.41) is 15.4. The number of hydrogen-bond acceptors (Lipinski definition) is 3. The van der Waals surface area contributed by atoms with Gasteiger partial charge in [-0.3, -0.25) is 0 Å². The third kappa shape index (κ3) is 5.04. The van der Waals surface area contributed by atoms with Crippen LogP contribution in [0.25, 0.3) is 0 Å². The first-order valence-corrected chi connectivity index (χ1v) is 2.89. The first-order valence-electron chi connectivity index (χ1n) is 2.89. The van der Waals surface area contributed by atoms with Crippen molar-refractivity contribution in [1.82, 2.24) is 0 Å². The summed E-state index contributed by atoms with van der Waals surface area (Å²) in [6.45, 7) is 1.80. The van der Waals surface area contributed by atoms with Crippen molar-refractivity contribution in [1.29, 1.82) is 0 Å². The molecule has 0 fully saturated rings. The van der Waals surface area contributed by atoms with Crippen molar-refractivity contribution in [2.75, 3.05) is 6.61 Å². The quantitative estimate of drug-likeness (QED) is 0.270. The third-order valence-corrected chi connectivity index (χ3v) is 0.810. The van der Waals surface area contributed by atoms with E-state index in [0.717, 1.165) is 0 Å². The second kappa shape index (κ2) is 4.75. The maximum atomic E-state index is 8.41. The van der Waals surface area contributed by atoms with Crippen molar-refractivity contribution in [3.8, 4) is 0 Å². The fourth-order valence-corrected chi connectivity index (χ4v) is 0.355. The molecule has 0 rings (SSSR count). The van der Waals surface area contributed by atoms with Crippen LogP contribution in [-0.2, 0) is 0 Å². The molecule has 5 nitrogen and oxygen atoms in total. The van der Waals surface area contributed by atoms with Crippen molar-refractivity contribution in [2.24, 2.45) is 21.7 Å². The van der Waals surface area contributed by atoms with Crippen LogP contribution in [0, 0.1) is 0 Å². The predicted octanol–water partition coefficient (Wildman–Crippen LogP) is -0.982. The van der Waals surface area contributed by atoms with Crippen LogP contribution in [0.1, 0.15) is 13.3 Å². The Morgan fingerprint density at radius 1 is 1.40 bits per heavy atom. The van der Waals surface area contributed by atoms with E-state index in [9.17, 15) is 0 Å². The lowest BCUT2D eigenvalue weighted by Crippen LogP contribution is -2.22. The van der Waals surface area contributed by atoms with E-state index in [1.165, 1.54) is 0 Å². The number of nitrogens with two attached hydrogens (primary N) is 2. The molecule has 0 unspecified atom stereocenters. The predicted molar refractivity (Wildman–Crippen MR) is 40.6 cm³/mol. The normalized spacial score (nSPS) is 11.2. The molecular formula is C5H12N4O. The van der Waals surface area contributed by atoms with Gasteiger partial charge in [0.2, 0.25) is 5.96 Å². The highest BCUT2D eigenvalue weighted by Crippen LogP contribution is 1.84. The maximum absolute atomic E-state index is 8.41. The van der Waals surface area contributed by atoms with E-state index in [0.29, 0.717) is 12.1 Å². The molecule has 0 heterocycles. The summed E-state index contributed by atoms with van der Waals surface area (Å²) >= 11 is 0. The van der Waals surface area contributed by atoms with Gasteiger partial charge in [-0.1, -0.05) is 0 Å². The highest BCUT2D eigenvalue weighted by Gasteiger charge is 1.87. The van der Waals surface area contributed by atoms with E-state index in [4.69, 9.17) is 16.6 Å². The van der Waals surface area contributed by atoms with Gasteiger partial charge in [-0.2, -0.15) is 5.10 Å². The summed E-state index contributed by atoms with van der Waals surface area (Å²) in [6.07, 6.45) is 0.497. The average molecular weight is 144 g/mol. The summed E-state index contributed by atoms with van der Waals surface area (Å²) in [5.74, 6) is -0.0720. The third-order valence-electron chi connectivity index (χ3n) is 0.810. The van der Waals surface area contributed by atoms with Crippen molar-refractivity contribution in [3.05, 3.63) is 0 Å². The lowest BCUT2D eigenvalue weighted by Gasteiger charge is -1.91. The molecule has 0 amide bonds. The molecule has 0 saturated heterocycles. The summed E-state index contributed by atoms with van der Waals surface area (Å²) < 4.78 is 0. The zero-order chi connectivity index (χ0) is 7.98. The minimum absolute atomic E-state index is 0.0648. The van der Waals surface area contributed by atoms with E-state index in [2.05, 4.69) is 10.2 Å². The monoisotopic (exact) mass is 144 g/mol. The summed E-state index contributed by atoms with van der Waals surface area (Å²) in [5.41, 5.74) is 10.7. The van der Waals surface area contributed by atoms with Gasteiger partial charge in [0, 0.05) is 18.7 Å². The minimum Gasteiger partial charge on any atom is -0.396 e. The fourth-order valence-electron chi connectivity index (χ4n) is 0.355. The molecule has 0 atom stereocenters. The van der Waals surface area contributed by atoms with Crippen LogP contribution in [-0.4, -0.2) is 23.4 Å². The van der Waals surface area contributed by atoms with E-state index in [-0.39, 0.29) is 12.6 Å². The Hall–Kier alpha value is -1.10. The lowest BCUT2D eigenvalue weighted by molar-refractivity contribution is 0.307. The van der Waals surface area contributed by atoms with Crippen LogP contribution in [0.15, 0.2) is 10.2 Å². The maximum Gasteiger partial charge on any atom is 0.211 e. The van der Waals surface area contributed by atoms with Gasteiger partial charge in [0.05, 0.1) is 0 Å². The van der Waals surface area contributed by atoms with E-state index < -0.39 is 0 Å². The molecule has 0 aromatic carbocycles.